The van der Waals surface area contributed by atoms with E-state index in [0.717, 1.165) is 12.8 Å². The van der Waals surface area contributed by atoms with Crippen molar-refractivity contribution in [3.05, 3.63) is 0 Å². The number of hydrogen-bond donors (Lipinski definition) is 2. The van der Waals surface area contributed by atoms with Crippen molar-refractivity contribution in [1.82, 2.24) is 10.6 Å². The molecule has 0 aromatic carbocycles. The molecular formula is C11H24N2O2S. The van der Waals surface area contributed by atoms with E-state index in [9.17, 15) is 9.00 Å². The van der Waals surface area contributed by atoms with Gasteiger partial charge in [0.15, 0.2) is 0 Å². The quantitative estimate of drug-likeness (QED) is 0.663. The summed E-state index contributed by atoms with van der Waals surface area (Å²) < 4.78 is 10.9. The van der Waals surface area contributed by atoms with Gasteiger partial charge in [0.2, 0.25) is 5.91 Å². The second kappa shape index (κ2) is 8.70. The van der Waals surface area contributed by atoms with E-state index >= 15 is 0 Å². The predicted molar refractivity (Wildman–Crippen MR) is 68.9 cm³/mol. The zero-order valence-electron chi connectivity index (χ0n) is 10.7. The van der Waals surface area contributed by atoms with Crippen molar-refractivity contribution in [1.29, 1.82) is 0 Å². The molecule has 0 bridgehead atoms. The topological polar surface area (TPSA) is 58.2 Å². The summed E-state index contributed by atoms with van der Waals surface area (Å²) in [4.78, 5) is 11.5. The zero-order chi connectivity index (χ0) is 12.6. The fraction of sp³-hybridized carbons (Fsp3) is 0.909. The van der Waals surface area contributed by atoms with Crippen LogP contribution >= 0.6 is 0 Å². The molecule has 0 fully saturated rings. The van der Waals surface area contributed by atoms with Gasteiger partial charge < -0.3 is 10.6 Å². The highest BCUT2D eigenvalue weighted by atomic mass is 32.2. The predicted octanol–water partition coefficient (Wildman–Crippen LogP) is 0.648. The molecule has 0 aliphatic heterocycles. The first-order chi connectivity index (χ1) is 7.45. The molecule has 0 heterocycles. The van der Waals surface area contributed by atoms with E-state index in [1.54, 1.807) is 6.26 Å². The second-order valence-electron chi connectivity index (χ2n) is 4.22. The van der Waals surface area contributed by atoms with Crippen LogP contribution in [0.4, 0.5) is 0 Å². The average molecular weight is 248 g/mol. The molecule has 3 atom stereocenters. The third-order valence-electron chi connectivity index (χ3n) is 2.47. The van der Waals surface area contributed by atoms with Crippen molar-refractivity contribution in [2.24, 2.45) is 0 Å². The second-order valence-corrected chi connectivity index (χ2v) is 5.78. The standard InChI is InChI=1S/C11H24N2O2S/c1-5-9(2)12-8-11(14)13-10(3)6-7-16(4)15/h9-10,12H,5-8H2,1-4H3,(H,13,14). The smallest absolute Gasteiger partial charge is 0.234 e. The normalized spacial score (nSPS) is 16.5. The van der Waals surface area contributed by atoms with Crippen LogP contribution in [0.15, 0.2) is 0 Å². The summed E-state index contributed by atoms with van der Waals surface area (Å²) in [6, 6.07) is 0.458. The lowest BCUT2D eigenvalue weighted by Crippen LogP contribution is -2.41. The van der Waals surface area contributed by atoms with Gasteiger partial charge in [-0.3, -0.25) is 9.00 Å². The summed E-state index contributed by atoms with van der Waals surface area (Å²) in [5.74, 6) is 0.648. The Labute approximate surface area is 101 Å². The number of nitrogens with one attached hydrogen (secondary N) is 2. The van der Waals surface area contributed by atoms with Gasteiger partial charge in [0, 0.05) is 34.9 Å². The molecule has 5 heteroatoms. The first-order valence-corrected chi connectivity index (χ1v) is 7.51. The van der Waals surface area contributed by atoms with E-state index in [1.807, 2.05) is 6.92 Å². The third-order valence-corrected chi connectivity index (χ3v) is 3.28. The van der Waals surface area contributed by atoms with E-state index in [0.29, 0.717) is 18.3 Å². The zero-order valence-corrected chi connectivity index (χ0v) is 11.5. The molecule has 0 radical (unpaired) electrons. The molecule has 0 rings (SSSR count). The molecule has 0 saturated carbocycles. The summed E-state index contributed by atoms with van der Waals surface area (Å²) in [5, 5.41) is 6.01. The van der Waals surface area contributed by atoms with Crippen LogP contribution in [0.2, 0.25) is 0 Å². The Morgan fingerprint density at radius 3 is 2.44 bits per heavy atom. The molecule has 0 spiro atoms. The Kier molecular flexibility index (Phi) is 8.47. The van der Waals surface area contributed by atoms with Crippen LogP contribution in [0.3, 0.4) is 0 Å². The Balaban J connectivity index is 3.65. The van der Waals surface area contributed by atoms with Crippen LogP contribution in [0.1, 0.15) is 33.6 Å². The first kappa shape index (κ1) is 15.6. The maximum Gasteiger partial charge on any atom is 0.234 e. The summed E-state index contributed by atoms with van der Waals surface area (Å²) in [7, 11) is -0.780. The Morgan fingerprint density at radius 2 is 1.94 bits per heavy atom. The van der Waals surface area contributed by atoms with Crippen LogP contribution in [-0.4, -0.2) is 40.8 Å². The molecular weight excluding hydrogens is 224 g/mol. The number of carbonyl (C=O) groups is 1. The minimum absolute atomic E-state index is 0.00897. The molecule has 0 aromatic rings. The van der Waals surface area contributed by atoms with E-state index in [4.69, 9.17) is 0 Å². The van der Waals surface area contributed by atoms with Gasteiger partial charge in [-0.2, -0.15) is 0 Å². The molecule has 0 aromatic heterocycles. The molecule has 4 nitrogen and oxygen atoms in total. The molecule has 96 valence electrons. The van der Waals surface area contributed by atoms with Gasteiger partial charge in [-0.15, -0.1) is 0 Å². The van der Waals surface area contributed by atoms with Crippen molar-refractivity contribution in [3.8, 4) is 0 Å². The van der Waals surface area contributed by atoms with Gasteiger partial charge in [-0.05, 0) is 26.7 Å². The molecule has 3 unspecified atom stereocenters. The fourth-order valence-corrected chi connectivity index (χ4v) is 1.84. The van der Waals surface area contributed by atoms with Crippen LogP contribution < -0.4 is 10.6 Å². The van der Waals surface area contributed by atoms with Gasteiger partial charge in [0.1, 0.15) is 0 Å². The monoisotopic (exact) mass is 248 g/mol. The molecule has 2 N–H and O–H groups in total. The van der Waals surface area contributed by atoms with Gasteiger partial charge in [0.05, 0.1) is 6.54 Å². The molecule has 1 amide bonds. The minimum Gasteiger partial charge on any atom is -0.353 e. The number of amides is 1. The van der Waals surface area contributed by atoms with Gasteiger partial charge in [-0.25, -0.2) is 0 Å². The van der Waals surface area contributed by atoms with Gasteiger partial charge in [0.25, 0.3) is 0 Å². The molecule has 0 aliphatic rings. The van der Waals surface area contributed by atoms with E-state index in [-0.39, 0.29) is 11.9 Å². The summed E-state index contributed by atoms with van der Waals surface area (Å²) in [6.07, 6.45) is 3.45. The van der Waals surface area contributed by atoms with E-state index < -0.39 is 10.8 Å². The van der Waals surface area contributed by atoms with Crippen LogP contribution in [0, 0.1) is 0 Å². The highest BCUT2D eigenvalue weighted by molar-refractivity contribution is 7.84. The molecule has 0 aliphatic carbocycles. The fourth-order valence-electron chi connectivity index (χ4n) is 1.15. The van der Waals surface area contributed by atoms with Crippen molar-refractivity contribution < 1.29 is 9.00 Å². The lowest BCUT2D eigenvalue weighted by atomic mass is 10.2. The summed E-state index contributed by atoms with van der Waals surface area (Å²) in [5.41, 5.74) is 0. The molecule has 16 heavy (non-hydrogen) atoms. The van der Waals surface area contributed by atoms with Crippen LogP contribution in [0.5, 0.6) is 0 Å². The van der Waals surface area contributed by atoms with Crippen LogP contribution in [-0.2, 0) is 15.6 Å². The lowest BCUT2D eigenvalue weighted by Gasteiger charge is -2.15. The first-order valence-electron chi connectivity index (χ1n) is 5.78. The summed E-state index contributed by atoms with van der Waals surface area (Å²) >= 11 is 0. The van der Waals surface area contributed by atoms with Crippen molar-refractivity contribution >= 4 is 16.7 Å². The Bertz CT molecular complexity index is 234. The van der Waals surface area contributed by atoms with Gasteiger partial charge in [-0.1, -0.05) is 6.92 Å². The van der Waals surface area contributed by atoms with E-state index in [2.05, 4.69) is 24.5 Å². The SMILES string of the molecule is CCC(C)NCC(=O)NC(C)CCS(C)=O. The largest absolute Gasteiger partial charge is 0.353 e. The number of rotatable bonds is 8. The van der Waals surface area contributed by atoms with Crippen LogP contribution in [0.25, 0.3) is 0 Å². The third kappa shape index (κ3) is 8.85. The number of carbonyl (C=O) groups excluding carboxylic acids is 1. The minimum atomic E-state index is -0.780. The van der Waals surface area contributed by atoms with Gasteiger partial charge >= 0.3 is 0 Å². The average Bonchev–Trinajstić information content (AvgIpc) is 2.23. The Hall–Kier alpha value is -0.420. The Morgan fingerprint density at radius 1 is 1.31 bits per heavy atom. The van der Waals surface area contributed by atoms with E-state index in [1.165, 1.54) is 0 Å². The maximum absolute atomic E-state index is 11.5. The summed E-state index contributed by atoms with van der Waals surface area (Å²) in [6.45, 7) is 6.42. The highest BCUT2D eigenvalue weighted by Crippen LogP contribution is 1.92. The van der Waals surface area contributed by atoms with Crippen molar-refractivity contribution in [2.75, 3.05) is 18.6 Å². The van der Waals surface area contributed by atoms with Crippen molar-refractivity contribution in [2.45, 2.75) is 45.7 Å². The lowest BCUT2D eigenvalue weighted by molar-refractivity contribution is -0.120. The highest BCUT2D eigenvalue weighted by Gasteiger charge is 2.08. The number of hydrogen-bond acceptors (Lipinski definition) is 3. The molecule has 0 saturated heterocycles. The van der Waals surface area contributed by atoms with Crippen molar-refractivity contribution in [3.63, 3.8) is 0 Å². The maximum atomic E-state index is 11.5.